The van der Waals surface area contributed by atoms with E-state index in [9.17, 15) is 9.90 Å². The van der Waals surface area contributed by atoms with Crippen molar-refractivity contribution in [1.29, 1.82) is 0 Å². The molecule has 4 nitrogen and oxygen atoms in total. The Labute approximate surface area is 121 Å². The lowest BCUT2D eigenvalue weighted by Crippen LogP contribution is -2.23. The van der Waals surface area contributed by atoms with E-state index in [1.54, 1.807) is 7.11 Å². The molecule has 2 rings (SSSR count). The average Bonchev–Trinajstić information content (AvgIpc) is 2.83. The molecular formula is C14H18BrNO3. The van der Waals surface area contributed by atoms with Gasteiger partial charge in [0.1, 0.15) is 5.75 Å². The molecule has 0 aliphatic carbocycles. The van der Waals surface area contributed by atoms with Crippen LogP contribution < -0.4 is 4.74 Å². The fourth-order valence-electron chi connectivity index (χ4n) is 2.64. The third-order valence-corrected chi connectivity index (χ3v) is 4.38. The van der Waals surface area contributed by atoms with Gasteiger partial charge in [0.2, 0.25) is 0 Å². The summed E-state index contributed by atoms with van der Waals surface area (Å²) >= 11 is 3.46. The molecular weight excluding hydrogens is 310 g/mol. The van der Waals surface area contributed by atoms with Gasteiger partial charge in [-0.25, -0.2) is 0 Å². The lowest BCUT2D eigenvalue weighted by Gasteiger charge is -2.16. The van der Waals surface area contributed by atoms with E-state index in [4.69, 9.17) is 4.74 Å². The van der Waals surface area contributed by atoms with E-state index in [2.05, 4.69) is 27.8 Å². The van der Waals surface area contributed by atoms with Gasteiger partial charge in [-0.1, -0.05) is 13.0 Å². The highest BCUT2D eigenvalue weighted by Gasteiger charge is 2.37. The number of ether oxygens (including phenoxy) is 1. The second kappa shape index (κ2) is 5.92. The summed E-state index contributed by atoms with van der Waals surface area (Å²) in [5.74, 6) is -0.242. The van der Waals surface area contributed by atoms with E-state index in [-0.39, 0.29) is 11.8 Å². The number of likely N-dealkylation sites (tertiary alicyclic amines) is 1. The van der Waals surface area contributed by atoms with E-state index < -0.39 is 5.97 Å². The second-order valence-electron chi connectivity index (χ2n) is 4.80. The van der Waals surface area contributed by atoms with Gasteiger partial charge in [0.05, 0.1) is 17.5 Å². The molecule has 1 saturated heterocycles. The summed E-state index contributed by atoms with van der Waals surface area (Å²) in [7, 11) is 1.62. The van der Waals surface area contributed by atoms with Crippen molar-refractivity contribution < 1.29 is 14.6 Å². The van der Waals surface area contributed by atoms with Crippen molar-refractivity contribution in [2.75, 3.05) is 26.7 Å². The summed E-state index contributed by atoms with van der Waals surface area (Å²) in [5.41, 5.74) is 1.05. The quantitative estimate of drug-likeness (QED) is 0.923. The zero-order valence-electron chi connectivity index (χ0n) is 11.1. The summed E-state index contributed by atoms with van der Waals surface area (Å²) in [6.07, 6.45) is 0. The molecule has 1 fully saturated rings. The Morgan fingerprint density at radius 1 is 1.53 bits per heavy atom. The highest BCUT2D eigenvalue weighted by molar-refractivity contribution is 9.10. The SMILES string of the molecule is CCN1CC(C(=O)O)C(c2ccc(OC)c(Br)c2)C1. The van der Waals surface area contributed by atoms with Gasteiger partial charge in [0, 0.05) is 19.0 Å². The molecule has 1 aromatic carbocycles. The molecule has 0 amide bonds. The number of carbonyl (C=O) groups is 1. The predicted octanol–water partition coefficient (Wildman–Crippen LogP) is 2.58. The van der Waals surface area contributed by atoms with E-state index in [0.717, 1.165) is 28.9 Å². The fraction of sp³-hybridized carbons (Fsp3) is 0.500. The maximum Gasteiger partial charge on any atom is 0.308 e. The Hall–Kier alpha value is -1.07. The van der Waals surface area contributed by atoms with Crippen molar-refractivity contribution in [2.45, 2.75) is 12.8 Å². The van der Waals surface area contributed by atoms with Crippen molar-refractivity contribution in [3.8, 4) is 5.75 Å². The fourth-order valence-corrected chi connectivity index (χ4v) is 3.20. The van der Waals surface area contributed by atoms with Crippen molar-refractivity contribution in [1.82, 2.24) is 4.90 Å². The largest absolute Gasteiger partial charge is 0.496 e. The van der Waals surface area contributed by atoms with Crippen LogP contribution in [0.25, 0.3) is 0 Å². The number of methoxy groups -OCH3 is 1. The molecule has 1 aromatic rings. The Morgan fingerprint density at radius 2 is 2.26 bits per heavy atom. The number of carboxylic acids is 1. The molecule has 1 aliphatic heterocycles. The highest BCUT2D eigenvalue weighted by Crippen LogP contribution is 2.36. The van der Waals surface area contributed by atoms with Crippen LogP contribution in [0.15, 0.2) is 22.7 Å². The molecule has 2 atom stereocenters. The normalized spacial score (nSPS) is 23.5. The number of hydrogen-bond donors (Lipinski definition) is 1. The minimum absolute atomic E-state index is 0.0413. The molecule has 1 heterocycles. The molecule has 2 unspecified atom stereocenters. The van der Waals surface area contributed by atoms with Gasteiger partial charge >= 0.3 is 5.97 Å². The maximum absolute atomic E-state index is 11.4. The van der Waals surface area contributed by atoms with Gasteiger partial charge in [-0.2, -0.15) is 0 Å². The first kappa shape index (κ1) is 14.3. The molecule has 19 heavy (non-hydrogen) atoms. The standard InChI is InChI=1S/C14H18BrNO3/c1-3-16-7-10(11(8-16)14(17)18)9-4-5-13(19-2)12(15)6-9/h4-6,10-11H,3,7-8H2,1-2H3,(H,17,18). The van der Waals surface area contributed by atoms with Gasteiger partial charge in [-0.15, -0.1) is 0 Å². The summed E-state index contributed by atoms with van der Waals surface area (Å²) in [4.78, 5) is 13.6. The summed E-state index contributed by atoms with van der Waals surface area (Å²) in [5, 5.41) is 9.37. The maximum atomic E-state index is 11.4. The van der Waals surface area contributed by atoms with Gasteiger partial charge in [-0.3, -0.25) is 4.79 Å². The first-order chi connectivity index (χ1) is 9.06. The van der Waals surface area contributed by atoms with Crippen LogP contribution in [-0.2, 0) is 4.79 Å². The molecule has 0 radical (unpaired) electrons. The van der Waals surface area contributed by atoms with E-state index >= 15 is 0 Å². The van der Waals surface area contributed by atoms with Gasteiger partial charge in [0.25, 0.3) is 0 Å². The van der Waals surface area contributed by atoms with Crippen LogP contribution in [-0.4, -0.2) is 42.7 Å². The lowest BCUT2D eigenvalue weighted by atomic mass is 9.89. The zero-order chi connectivity index (χ0) is 14.0. The van der Waals surface area contributed by atoms with Crippen LogP contribution >= 0.6 is 15.9 Å². The average molecular weight is 328 g/mol. The number of aliphatic carboxylic acids is 1. The molecule has 0 spiro atoms. The summed E-state index contributed by atoms with van der Waals surface area (Å²) in [6.45, 7) is 4.37. The number of likely N-dealkylation sites (N-methyl/N-ethyl adjacent to an activating group) is 1. The van der Waals surface area contributed by atoms with Gasteiger partial charge in [-0.05, 0) is 40.2 Å². The molecule has 0 bridgehead atoms. The summed E-state index contributed by atoms with van der Waals surface area (Å²) in [6, 6.07) is 5.81. The number of hydrogen-bond acceptors (Lipinski definition) is 3. The van der Waals surface area contributed by atoms with Crippen LogP contribution in [0, 0.1) is 5.92 Å². The van der Waals surface area contributed by atoms with Crippen molar-refractivity contribution in [3.63, 3.8) is 0 Å². The molecule has 104 valence electrons. The van der Waals surface area contributed by atoms with Crippen molar-refractivity contribution in [2.24, 2.45) is 5.92 Å². The number of benzene rings is 1. The monoisotopic (exact) mass is 327 g/mol. The van der Waals surface area contributed by atoms with E-state index in [0.29, 0.717) is 6.54 Å². The van der Waals surface area contributed by atoms with Crippen molar-refractivity contribution >= 4 is 21.9 Å². The summed E-state index contributed by atoms with van der Waals surface area (Å²) < 4.78 is 6.07. The number of carboxylic acid groups (broad SMARTS) is 1. The van der Waals surface area contributed by atoms with Crippen LogP contribution in [0.1, 0.15) is 18.4 Å². The van der Waals surface area contributed by atoms with E-state index in [1.165, 1.54) is 0 Å². The third kappa shape index (κ3) is 2.92. The van der Waals surface area contributed by atoms with Crippen LogP contribution in [0.5, 0.6) is 5.75 Å². The second-order valence-corrected chi connectivity index (χ2v) is 5.65. The van der Waals surface area contributed by atoms with Crippen LogP contribution in [0.4, 0.5) is 0 Å². The zero-order valence-corrected chi connectivity index (χ0v) is 12.7. The molecule has 0 aromatic heterocycles. The first-order valence-electron chi connectivity index (χ1n) is 6.35. The van der Waals surface area contributed by atoms with Gasteiger partial charge in [0.15, 0.2) is 0 Å². The topological polar surface area (TPSA) is 49.8 Å². The first-order valence-corrected chi connectivity index (χ1v) is 7.14. The highest BCUT2D eigenvalue weighted by atomic mass is 79.9. The van der Waals surface area contributed by atoms with Crippen LogP contribution in [0.2, 0.25) is 0 Å². The van der Waals surface area contributed by atoms with Crippen LogP contribution in [0.3, 0.4) is 0 Å². The number of halogens is 1. The molecule has 1 aliphatic rings. The lowest BCUT2D eigenvalue weighted by molar-refractivity contribution is -0.141. The van der Waals surface area contributed by atoms with Crippen molar-refractivity contribution in [3.05, 3.63) is 28.2 Å². The van der Waals surface area contributed by atoms with E-state index in [1.807, 2.05) is 18.2 Å². The predicted molar refractivity (Wildman–Crippen MR) is 76.7 cm³/mol. The Bertz CT molecular complexity index is 478. The number of rotatable bonds is 4. The Balaban J connectivity index is 2.28. The third-order valence-electron chi connectivity index (χ3n) is 3.76. The molecule has 0 saturated carbocycles. The Morgan fingerprint density at radius 3 is 2.79 bits per heavy atom. The number of nitrogens with zero attached hydrogens (tertiary/aromatic N) is 1. The van der Waals surface area contributed by atoms with Gasteiger partial charge < -0.3 is 14.7 Å². The molecule has 1 N–H and O–H groups in total. The Kier molecular flexibility index (Phi) is 4.47. The smallest absolute Gasteiger partial charge is 0.308 e. The minimum atomic E-state index is -0.715. The molecule has 5 heteroatoms. The minimum Gasteiger partial charge on any atom is -0.496 e.